The van der Waals surface area contributed by atoms with Crippen LogP contribution in [0.25, 0.3) is 0 Å². The molecule has 2 N–H and O–H groups in total. The maximum absolute atomic E-state index is 13.0. The molecule has 1 saturated heterocycles. The number of carbonyl (C=O) groups excluding carboxylic acids is 2. The van der Waals surface area contributed by atoms with Gasteiger partial charge in [-0.05, 0) is 45.7 Å². The monoisotopic (exact) mass is 435 g/mol. The second-order valence-electron chi connectivity index (χ2n) is 8.58. The van der Waals surface area contributed by atoms with E-state index in [-0.39, 0.29) is 23.8 Å². The first-order chi connectivity index (χ1) is 15.3. The number of hydrogen-bond acceptors (Lipinski definition) is 6. The van der Waals surface area contributed by atoms with Crippen LogP contribution in [-0.2, 0) is 0 Å². The van der Waals surface area contributed by atoms with Gasteiger partial charge in [0.1, 0.15) is 5.82 Å². The zero-order valence-electron chi connectivity index (χ0n) is 18.9. The van der Waals surface area contributed by atoms with Gasteiger partial charge in [0.25, 0.3) is 0 Å². The van der Waals surface area contributed by atoms with Gasteiger partial charge in [-0.1, -0.05) is 6.07 Å². The third-order valence-corrected chi connectivity index (χ3v) is 5.94. The Kier molecular flexibility index (Phi) is 5.86. The summed E-state index contributed by atoms with van der Waals surface area (Å²) in [6.07, 6.45) is 3.35. The topological polar surface area (TPSA) is 98.6 Å². The predicted molar refractivity (Wildman–Crippen MR) is 125 cm³/mol. The van der Waals surface area contributed by atoms with Crippen molar-refractivity contribution in [2.45, 2.75) is 39.7 Å². The number of pyridine rings is 1. The molecule has 1 aliphatic heterocycles. The molecule has 2 heterocycles. The van der Waals surface area contributed by atoms with Crippen LogP contribution in [-0.4, -0.2) is 53.7 Å². The van der Waals surface area contributed by atoms with Crippen LogP contribution in [0.3, 0.4) is 0 Å². The van der Waals surface area contributed by atoms with Gasteiger partial charge in [0.2, 0.25) is 0 Å². The summed E-state index contributed by atoms with van der Waals surface area (Å²) in [5.74, 6) is 1.13. The van der Waals surface area contributed by atoms with Crippen LogP contribution < -0.4 is 15.0 Å². The summed E-state index contributed by atoms with van der Waals surface area (Å²) in [5.41, 5.74) is 2.79. The Balaban J connectivity index is 1.74. The van der Waals surface area contributed by atoms with Crippen LogP contribution >= 0.6 is 0 Å². The number of aromatic nitrogens is 1. The smallest absolute Gasteiger partial charge is 0.326 e. The number of nitrogens with zero attached hydrogens (tertiary/aromatic N) is 3. The fraction of sp³-hybridized carbons (Fsp3) is 0.417. The molecule has 1 aliphatic carbocycles. The predicted octanol–water partition coefficient (Wildman–Crippen LogP) is 4.46. The van der Waals surface area contributed by atoms with E-state index >= 15 is 0 Å². The number of amides is 2. The third kappa shape index (κ3) is 4.04. The lowest BCUT2D eigenvalue weighted by Gasteiger charge is -2.22. The Morgan fingerprint density at radius 2 is 1.97 bits per heavy atom. The van der Waals surface area contributed by atoms with Crippen LogP contribution in [0.2, 0.25) is 0 Å². The molecular weight excluding hydrogens is 406 g/mol. The number of nitrogens with one attached hydrogen (secondary N) is 2. The van der Waals surface area contributed by atoms with Gasteiger partial charge in [-0.25, -0.2) is 9.78 Å². The van der Waals surface area contributed by atoms with Gasteiger partial charge in [-0.3, -0.25) is 9.69 Å². The first-order valence-corrected chi connectivity index (χ1v) is 10.9. The fourth-order valence-corrected chi connectivity index (χ4v) is 4.00. The van der Waals surface area contributed by atoms with Crippen LogP contribution in [0, 0.1) is 11.3 Å². The summed E-state index contributed by atoms with van der Waals surface area (Å²) in [7, 11) is 1.56. The Labute approximate surface area is 188 Å². The molecule has 0 spiro atoms. The molecule has 0 radical (unpaired) electrons. The Hall–Kier alpha value is -3.42. The van der Waals surface area contributed by atoms with Crippen LogP contribution in [0.5, 0.6) is 5.75 Å². The van der Waals surface area contributed by atoms with Crippen molar-refractivity contribution in [1.29, 1.82) is 5.41 Å². The molecule has 8 heteroatoms. The molecule has 2 aliphatic rings. The second kappa shape index (κ2) is 8.61. The lowest BCUT2D eigenvalue weighted by Crippen LogP contribution is -2.36. The van der Waals surface area contributed by atoms with Crippen molar-refractivity contribution in [3.8, 4) is 5.75 Å². The molecule has 1 saturated carbocycles. The van der Waals surface area contributed by atoms with Crippen LogP contribution in [0.4, 0.5) is 22.0 Å². The van der Waals surface area contributed by atoms with E-state index in [1.54, 1.807) is 36.1 Å². The summed E-state index contributed by atoms with van der Waals surface area (Å²) in [6.45, 7) is 6.87. The van der Waals surface area contributed by atoms with E-state index in [1.807, 2.05) is 32.0 Å². The van der Waals surface area contributed by atoms with E-state index in [0.29, 0.717) is 52.9 Å². The number of benzene rings is 1. The lowest BCUT2D eigenvalue weighted by molar-refractivity contribution is 0.0968. The second-order valence-corrected chi connectivity index (χ2v) is 8.58. The van der Waals surface area contributed by atoms with E-state index in [0.717, 1.165) is 12.8 Å². The molecule has 1 aromatic carbocycles. The van der Waals surface area contributed by atoms with Gasteiger partial charge in [-0.15, -0.1) is 0 Å². The molecule has 0 bridgehead atoms. The molecule has 4 rings (SSSR count). The van der Waals surface area contributed by atoms with Crippen molar-refractivity contribution in [2.75, 3.05) is 30.4 Å². The first kappa shape index (κ1) is 21.8. The van der Waals surface area contributed by atoms with Crippen molar-refractivity contribution >= 4 is 34.7 Å². The maximum Gasteiger partial charge on any atom is 0.326 e. The van der Waals surface area contributed by atoms with Gasteiger partial charge in [0.15, 0.2) is 11.5 Å². The quantitative estimate of drug-likeness (QED) is 0.471. The average Bonchev–Trinajstić information content (AvgIpc) is 3.54. The number of para-hydroxylation sites is 1. The lowest BCUT2D eigenvalue weighted by atomic mass is 10.1. The molecule has 0 unspecified atom stereocenters. The highest BCUT2D eigenvalue weighted by molar-refractivity contribution is 6.06. The minimum Gasteiger partial charge on any atom is -0.494 e. The largest absolute Gasteiger partial charge is 0.494 e. The normalized spacial score (nSPS) is 16.0. The van der Waals surface area contributed by atoms with Gasteiger partial charge in [0.05, 0.1) is 24.0 Å². The van der Waals surface area contributed by atoms with Crippen molar-refractivity contribution in [3.63, 3.8) is 0 Å². The number of hydrogen-bond donors (Lipinski definition) is 2. The van der Waals surface area contributed by atoms with Crippen molar-refractivity contribution in [2.24, 2.45) is 5.92 Å². The molecule has 168 valence electrons. The number of ketones is 1. The molecule has 0 atom stereocenters. The Morgan fingerprint density at radius 3 is 2.56 bits per heavy atom. The highest BCUT2D eigenvalue weighted by Gasteiger charge is 2.35. The van der Waals surface area contributed by atoms with Crippen LogP contribution in [0.15, 0.2) is 30.5 Å². The molecular formula is C24H29N5O3. The van der Waals surface area contributed by atoms with E-state index in [2.05, 4.69) is 10.3 Å². The van der Waals surface area contributed by atoms with Crippen molar-refractivity contribution in [1.82, 2.24) is 9.88 Å². The zero-order valence-corrected chi connectivity index (χ0v) is 18.9. The number of methoxy groups -OCH3 is 1. The van der Waals surface area contributed by atoms with E-state index in [4.69, 9.17) is 10.1 Å². The number of rotatable bonds is 8. The molecule has 2 aromatic rings. The Bertz CT molecular complexity index is 1080. The Morgan fingerprint density at radius 1 is 1.22 bits per heavy atom. The summed E-state index contributed by atoms with van der Waals surface area (Å²) in [5, 5.41) is 11.4. The fourth-order valence-electron chi connectivity index (χ4n) is 4.00. The minimum atomic E-state index is -0.0845. The van der Waals surface area contributed by atoms with Gasteiger partial charge >= 0.3 is 6.03 Å². The van der Waals surface area contributed by atoms with E-state index < -0.39 is 0 Å². The summed E-state index contributed by atoms with van der Waals surface area (Å²) in [4.78, 5) is 33.7. The molecule has 2 amide bonds. The number of urea groups is 1. The van der Waals surface area contributed by atoms with Crippen molar-refractivity contribution in [3.05, 3.63) is 41.6 Å². The standard InChI is InChI=1S/C24H29N5O3/c1-14(2)28-10-11-29(24(28)31)21-12-20(18(13-26-21)22(30)16-8-9-16)27-19-7-5-6-17(15(3)25)23(19)32-4/h5-7,12-14,16,25H,8-11H2,1-4H3,(H,26,27). The van der Waals surface area contributed by atoms with Gasteiger partial charge in [0, 0.05) is 48.6 Å². The summed E-state index contributed by atoms with van der Waals surface area (Å²) < 4.78 is 5.58. The van der Waals surface area contributed by atoms with E-state index in [1.165, 1.54) is 0 Å². The number of anilines is 3. The minimum absolute atomic E-state index is 0.0325. The van der Waals surface area contributed by atoms with Gasteiger partial charge in [-0.2, -0.15) is 0 Å². The summed E-state index contributed by atoms with van der Waals surface area (Å²) >= 11 is 0. The van der Waals surface area contributed by atoms with Gasteiger partial charge < -0.3 is 20.4 Å². The summed E-state index contributed by atoms with van der Waals surface area (Å²) in [6, 6.07) is 7.30. The third-order valence-electron chi connectivity index (χ3n) is 5.94. The number of carbonyl (C=O) groups is 2. The highest BCUT2D eigenvalue weighted by atomic mass is 16.5. The first-order valence-electron chi connectivity index (χ1n) is 10.9. The molecule has 8 nitrogen and oxygen atoms in total. The molecule has 1 aromatic heterocycles. The van der Waals surface area contributed by atoms with Crippen LogP contribution in [0.1, 0.15) is 49.5 Å². The zero-order chi connectivity index (χ0) is 23.0. The number of ether oxygens (including phenoxy) is 1. The van der Waals surface area contributed by atoms with Crippen molar-refractivity contribution < 1.29 is 14.3 Å². The molecule has 32 heavy (non-hydrogen) atoms. The SMILES string of the molecule is COc1c(Nc2cc(N3CCN(C(C)C)C3=O)ncc2C(=O)C2CC2)cccc1C(C)=N. The van der Waals surface area contributed by atoms with E-state index in [9.17, 15) is 9.59 Å². The number of Topliss-reactive ketones (excluding diaryl/α,β-unsaturated/α-hetero) is 1. The maximum atomic E-state index is 13.0. The highest BCUT2D eigenvalue weighted by Crippen LogP contribution is 2.38. The average molecular weight is 436 g/mol. The molecule has 2 fully saturated rings.